The lowest BCUT2D eigenvalue weighted by molar-refractivity contribution is 0.0466. The summed E-state index contributed by atoms with van der Waals surface area (Å²) in [5, 5.41) is 11.7. The zero-order chi connectivity index (χ0) is 20.5. The van der Waals surface area contributed by atoms with Crippen molar-refractivity contribution >= 4 is 17.6 Å². The van der Waals surface area contributed by atoms with Crippen LogP contribution in [0, 0.1) is 18.3 Å². The van der Waals surface area contributed by atoms with Crippen molar-refractivity contribution in [3.63, 3.8) is 0 Å². The molecule has 0 aliphatic heterocycles. The number of nitrogens with zero attached hydrogens (tertiary/aromatic N) is 2. The van der Waals surface area contributed by atoms with Gasteiger partial charge in [-0.3, -0.25) is 4.79 Å². The molecule has 2 aromatic rings. The number of amides is 1. The van der Waals surface area contributed by atoms with E-state index in [1.807, 2.05) is 6.07 Å². The number of hydrogen-bond donors (Lipinski definition) is 1. The molecule has 28 heavy (non-hydrogen) atoms. The van der Waals surface area contributed by atoms with Gasteiger partial charge in [-0.25, -0.2) is 4.79 Å². The molecule has 2 aromatic carbocycles. The zero-order valence-electron chi connectivity index (χ0n) is 16.5. The number of carbonyl (C=O) groups is 2. The molecule has 0 spiro atoms. The first-order chi connectivity index (χ1) is 13.5. The number of benzene rings is 2. The molecule has 0 heterocycles. The number of hydrogen-bond acceptors (Lipinski definition) is 5. The maximum absolute atomic E-state index is 12.5. The van der Waals surface area contributed by atoms with Crippen molar-refractivity contribution in [1.29, 1.82) is 5.26 Å². The number of likely N-dealkylation sites (N-methyl/N-ethyl adjacent to an activating group) is 1. The van der Waals surface area contributed by atoms with Gasteiger partial charge in [0.25, 0.3) is 5.91 Å². The second-order valence-electron chi connectivity index (χ2n) is 6.34. The molecular formula is C22H25N3O3. The number of aryl methyl sites for hydroxylation is 1. The molecule has 0 atom stereocenters. The normalized spacial score (nSPS) is 10.4. The van der Waals surface area contributed by atoms with Crippen molar-refractivity contribution in [3.8, 4) is 6.07 Å². The van der Waals surface area contributed by atoms with E-state index in [0.717, 1.165) is 13.1 Å². The molecule has 0 unspecified atom stereocenters. The Morgan fingerprint density at radius 2 is 1.89 bits per heavy atom. The Morgan fingerprint density at radius 1 is 1.14 bits per heavy atom. The predicted molar refractivity (Wildman–Crippen MR) is 108 cm³/mol. The third-order valence-corrected chi connectivity index (χ3v) is 4.49. The Kier molecular flexibility index (Phi) is 7.73. The molecule has 0 bridgehead atoms. The van der Waals surface area contributed by atoms with Crippen LogP contribution in [0.5, 0.6) is 0 Å². The quantitative estimate of drug-likeness (QED) is 0.709. The average Bonchev–Trinajstić information content (AvgIpc) is 2.71. The maximum Gasteiger partial charge on any atom is 0.338 e. The highest BCUT2D eigenvalue weighted by Crippen LogP contribution is 2.16. The van der Waals surface area contributed by atoms with Crippen LogP contribution in [-0.4, -0.2) is 43.0 Å². The fourth-order valence-electron chi connectivity index (χ4n) is 2.80. The lowest BCUT2D eigenvalue weighted by atomic mass is 10.0. The largest absolute Gasteiger partial charge is 0.461 e. The highest BCUT2D eigenvalue weighted by molar-refractivity contribution is 6.05. The topological polar surface area (TPSA) is 82.4 Å². The Bertz CT molecular complexity index is 883. The summed E-state index contributed by atoms with van der Waals surface area (Å²) in [6, 6.07) is 13.6. The molecule has 6 nitrogen and oxygen atoms in total. The number of nitrogens with one attached hydrogen (secondary N) is 1. The molecule has 146 valence electrons. The monoisotopic (exact) mass is 379 g/mol. The fourth-order valence-corrected chi connectivity index (χ4v) is 2.80. The summed E-state index contributed by atoms with van der Waals surface area (Å²) in [6.07, 6.45) is 0. The van der Waals surface area contributed by atoms with Crippen molar-refractivity contribution in [2.45, 2.75) is 20.8 Å². The minimum atomic E-state index is -0.419. The van der Waals surface area contributed by atoms with Crippen molar-refractivity contribution < 1.29 is 14.3 Å². The zero-order valence-corrected chi connectivity index (χ0v) is 16.5. The third kappa shape index (κ3) is 5.66. The summed E-state index contributed by atoms with van der Waals surface area (Å²) in [5.41, 5.74) is 2.58. The number of carbonyl (C=O) groups excluding carboxylic acids is 2. The predicted octanol–water partition coefficient (Wildman–Crippen LogP) is 3.62. The maximum atomic E-state index is 12.5. The first-order valence-electron chi connectivity index (χ1n) is 9.30. The first kappa shape index (κ1) is 21.1. The minimum Gasteiger partial charge on any atom is -0.461 e. The van der Waals surface area contributed by atoms with Crippen molar-refractivity contribution in [3.05, 3.63) is 64.7 Å². The van der Waals surface area contributed by atoms with Gasteiger partial charge in [-0.1, -0.05) is 19.9 Å². The first-order valence-corrected chi connectivity index (χ1v) is 9.30. The molecule has 0 radical (unpaired) electrons. The van der Waals surface area contributed by atoms with Gasteiger partial charge in [-0.05, 0) is 62.0 Å². The Hall–Kier alpha value is -3.17. The van der Waals surface area contributed by atoms with Gasteiger partial charge >= 0.3 is 5.97 Å². The Balaban J connectivity index is 2.01. The summed E-state index contributed by atoms with van der Waals surface area (Å²) in [4.78, 5) is 26.9. The van der Waals surface area contributed by atoms with Crippen LogP contribution in [0.4, 0.5) is 5.69 Å². The van der Waals surface area contributed by atoms with Gasteiger partial charge < -0.3 is 15.0 Å². The summed E-state index contributed by atoms with van der Waals surface area (Å²) in [6.45, 7) is 8.73. The van der Waals surface area contributed by atoms with Crippen LogP contribution >= 0.6 is 0 Å². The lowest BCUT2D eigenvalue weighted by Crippen LogP contribution is -2.27. The van der Waals surface area contributed by atoms with Crippen molar-refractivity contribution in [2.75, 3.05) is 31.6 Å². The Labute approximate surface area is 165 Å². The van der Waals surface area contributed by atoms with Crippen LogP contribution < -0.4 is 5.32 Å². The van der Waals surface area contributed by atoms with Crippen molar-refractivity contribution in [2.24, 2.45) is 0 Å². The van der Waals surface area contributed by atoms with Crippen molar-refractivity contribution in [1.82, 2.24) is 4.90 Å². The van der Waals surface area contributed by atoms with E-state index in [9.17, 15) is 9.59 Å². The molecule has 0 aliphatic carbocycles. The molecule has 0 saturated carbocycles. The lowest BCUT2D eigenvalue weighted by Gasteiger charge is -2.17. The van der Waals surface area contributed by atoms with E-state index in [1.165, 1.54) is 0 Å². The van der Waals surface area contributed by atoms with E-state index in [2.05, 4.69) is 24.1 Å². The molecule has 0 fully saturated rings. The fraction of sp³-hybridized carbons (Fsp3) is 0.318. The SMILES string of the molecule is CCN(CC)CCOC(=O)c1cccc(NC(=O)c2ccc(C#N)cc2C)c1. The molecule has 0 saturated heterocycles. The van der Waals surface area contributed by atoms with Crippen LogP contribution in [0.3, 0.4) is 0 Å². The number of ether oxygens (including phenoxy) is 1. The molecule has 0 aliphatic rings. The highest BCUT2D eigenvalue weighted by atomic mass is 16.5. The summed E-state index contributed by atoms with van der Waals surface area (Å²) in [7, 11) is 0. The van der Waals surface area contributed by atoms with Gasteiger partial charge in [0.05, 0.1) is 17.2 Å². The van der Waals surface area contributed by atoms with E-state index in [-0.39, 0.29) is 5.91 Å². The molecule has 0 aromatic heterocycles. The van der Waals surface area contributed by atoms with E-state index in [4.69, 9.17) is 10.00 Å². The molecule has 2 rings (SSSR count). The van der Waals surface area contributed by atoms with Gasteiger partial charge in [0, 0.05) is 17.8 Å². The second-order valence-corrected chi connectivity index (χ2v) is 6.34. The van der Waals surface area contributed by atoms with Crippen LogP contribution in [0.25, 0.3) is 0 Å². The minimum absolute atomic E-state index is 0.297. The van der Waals surface area contributed by atoms with Crippen LogP contribution in [0.15, 0.2) is 42.5 Å². The van der Waals surface area contributed by atoms with Gasteiger partial charge in [-0.15, -0.1) is 0 Å². The number of rotatable bonds is 8. The summed E-state index contributed by atoms with van der Waals surface area (Å²) >= 11 is 0. The summed E-state index contributed by atoms with van der Waals surface area (Å²) < 4.78 is 5.33. The standard InChI is InChI=1S/C22H25N3O3/c1-4-25(5-2)11-12-28-22(27)18-7-6-8-19(14-18)24-21(26)20-10-9-17(15-23)13-16(20)3/h6-10,13-14H,4-5,11-12H2,1-3H3,(H,24,26). The Morgan fingerprint density at radius 3 is 2.54 bits per heavy atom. The second kappa shape index (κ2) is 10.2. The van der Waals surface area contributed by atoms with E-state index >= 15 is 0 Å². The van der Waals surface area contributed by atoms with Gasteiger partial charge in [0.2, 0.25) is 0 Å². The highest BCUT2D eigenvalue weighted by Gasteiger charge is 2.12. The van der Waals surface area contributed by atoms with Crippen LogP contribution in [0.2, 0.25) is 0 Å². The smallest absolute Gasteiger partial charge is 0.338 e. The van der Waals surface area contributed by atoms with Gasteiger partial charge in [0.1, 0.15) is 6.61 Å². The molecule has 1 amide bonds. The number of nitriles is 1. The van der Waals surface area contributed by atoms with E-state index in [0.29, 0.717) is 41.1 Å². The average molecular weight is 379 g/mol. The summed E-state index contributed by atoms with van der Waals surface area (Å²) in [5.74, 6) is -0.716. The van der Waals surface area contributed by atoms with E-state index < -0.39 is 5.97 Å². The molecule has 6 heteroatoms. The van der Waals surface area contributed by atoms with Gasteiger partial charge in [-0.2, -0.15) is 5.26 Å². The molecular weight excluding hydrogens is 354 g/mol. The van der Waals surface area contributed by atoms with E-state index in [1.54, 1.807) is 49.4 Å². The number of anilines is 1. The van der Waals surface area contributed by atoms with Crippen LogP contribution in [0.1, 0.15) is 45.7 Å². The van der Waals surface area contributed by atoms with Crippen LogP contribution in [-0.2, 0) is 4.74 Å². The molecule has 1 N–H and O–H groups in total. The van der Waals surface area contributed by atoms with Gasteiger partial charge in [0.15, 0.2) is 0 Å². The third-order valence-electron chi connectivity index (χ3n) is 4.49. The number of esters is 1.